The number of rotatable bonds is 1. The number of aryl methyl sites for hydroxylation is 1. The largest absolute Gasteiger partial charge is 0.330 e. The second-order valence-electron chi connectivity index (χ2n) is 2.67. The Morgan fingerprint density at radius 2 is 2.38 bits per heavy atom. The van der Waals surface area contributed by atoms with E-state index in [1.54, 1.807) is 6.20 Å². The Labute approximate surface area is 83.1 Å². The molecule has 0 saturated carbocycles. The quantitative estimate of drug-likeness (QED) is 0.547. The van der Waals surface area contributed by atoms with Crippen LogP contribution in [-0.4, -0.2) is 11.5 Å². The van der Waals surface area contributed by atoms with E-state index in [1.807, 2.05) is 13.0 Å². The Morgan fingerprint density at radius 3 is 3.00 bits per heavy atom. The van der Waals surface area contributed by atoms with E-state index in [9.17, 15) is 0 Å². The fourth-order valence-electron chi connectivity index (χ4n) is 0.863. The summed E-state index contributed by atoms with van der Waals surface area (Å²) in [5.74, 6) is 5.90. The number of hydrogen-bond acceptors (Lipinski definition) is 2. The van der Waals surface area contributed by atoms with Crippen molar-refractivity contribution < 1.29 is 0 Å². The number of nitrogens with two attached hydrogens (primary N) is 1. The Bertz CT molecular complexity index is 350. The molecule has 68 valence electrons. The average molecular weight is 195 g/mol. The monoisotopic (exact) mass is 194 g/mol. The van der Waals surface area contributed by atoms with Crippen molar-refractivity contribution in [3.8, 4) is 11.8 Å². The molecule has 1 aromatic rings. The van der Waals surface area contributed by atoms with E-state index in [-0.39, 0.29) is 0 Å². The standard InChI is InChI=1S/C10H11ClN2/c1-8-6-9(4-2-3-5-12)7-13-10(8)11/h6-7H,3,5,12H2,1H3. The first-order valence-corrected chi connectivity index (χ1v) is 4.43. The summed E-state index contributed by atoms with van der Waals surface area (Å²) in [4.78, 5) is 3.99. The lowest BCUT2D eigenvalue weighted by atomic mass is 10.2. The number of hydrogen-bond donors (Lipinski definition) is 1. The first-order valence-electron chi connectivity index (χ1n) is 4.05. The Kier molecular flexibility index (Phi) is 3.75. The lowest BCUT2D eigenvalue weighted by molar-refractivity contribution is 1.03. The summed E-state index contributed by atoms with van der Waals surface area (Å²) in [5.41, 5.74) is 7.14. The zero-order valence-electron chi connectivity index (χ0n) is 7.47. The summed E-state index contributed by atoms with van der Waals surface area (Å²) >= 11 is 5.76. The molecule has 0 atom stereocenters. The van der Waals surface area contributed by atoms with Gasteiger partial charge >= 0.3 is 0 Å². The van der Waals surface area contributed by atoms with Crippen LogP contribution in [0.4, 0.5) is 0 Å². The zero-order valence-corrected chi connectivity index (χ0v) is 8.23. The lowest BCUT2D eigenvalue weighted by Crippen LogP contribution is -1.95. The van der Waals surface area contributed by atoms with E-state index in [2.05, 4.69) is 16.8 Å². The molecule has 0 spiro atoms. The maximum absolute atomic E-state index is 5.76. The smallest absolute Gasteiger partial charge is 0.132 e. The molecule has 2 N–H and O–H groups in total. The van der Waals surface area contributed by atoms with Crippen LogP contribution in [0.5, 0.6) is 0 Å². The zero-order chi connectivity index (χ0) is 9.68. The number of halogens is 1. The molecule has 0 amide bonds. The summed E-state index contributed by atoms with van der Waals surface area (Å²) in [6.07, 6.45) is 2.38. The molecular weight excluding hydrogens is 184 g/mol. The third kappa shape index (κ3) is 3.06. The van der Waals surface area contributed by atoms with Gasteiger partial charge in [-0.1, -0.05) is 23.4 Å². The van der Waals surface area contributed by atoms with Gasteiger partial charge in [0.1, 0.15) is 5.15 Å². The number of nitrogens with zero attached hydrogens (tertiary/aromatic N) is 1. The van der Waals surface area contributed by atoms with Crippen LogP contribution in [0.15, 0.2) is 12.3 Å². The predicted octanol–water partition coefficient (Wildman–Crippen LogP) is 1.74. The number of pyridine rings is 1. The highest BCUT2D eigenvalue weighted by atomic mass is 35.5. The molecule has 0 aliphatic rings. The molecule has 2 nitrogen and oxygen atoms in total. The summed E-state index contributed by atoms with van der Waals surface area (Å²) in [6.45, 7) is 2.50. The van der Waals surface area contributed by atoms with Crippen LogP contribution in [0.1, 0.15) is 17.5 Å². The first kappa shape index (κ1) is 10.0. The molecule has 0 radical (unpaired) electrons. The summed E-state index contributed by atoms with van der Waals surface area (Å²) in [5, 5.41) is 0.532. The Balaban J connectivity index is 2.81. The minimum absolute atomic E-state index is 0.532. The highest BCUT2D eigenvalue weighted by Gasteiger charge is 1.95. The topological polar surface area (TPSA) is 38.9 Å². The van der Waals surface area contributed by atoms with Gasteiger partial charge in [-0.15, -0.1) is 0 Å². The molecule has 0 bridgehead atoms. The summed E-state index contributed by atoms with van der Waals surface area (Å²) in [7, 11) is 0. The van der Waals surface area contributed by atoms with Crippen LogP contribution < -0.4 is 5.73 Å². The van der Waals surface area contributed by atoms with Gasteiger partial charge in [0.25, 0.3) is 0 Å². The van der Waals surface area contributed by atoms with Crippen LogP contribution in [0.2, 0.25) is 5.15 Å². The van der Waals surface area contributed by atoms with Gasteiger partial charge in [0.05, 0.1) is 0 Å². The third-order valence-electron chi connectivity index (χ3n) is 1.52. The first-order chi connectivity index (χ1) is 6.24. The van der Waals surface area contributed by atoms with Crippen molar-refractivity contribution in [1.29, 1.82) is 0 Å². The average Bonchev–Trinajstić information content (AvgIpc) is 2.12. The van der Waals surface area contributed by atoms with Crippen LogP contribution in [0.3, 0.4) is 0 Å². The van der Waals surface area contributed by atoms with Gasteiger partial charge in [-0.3, -0.25) is 0 Å². The Hall–Kier alpha value is -1.04. The van der Waals surface area contributed by atoms with Crippen molar-refractivity contribution in [2.24, 2.45) is 5.73 Å². The van der Waals surface area contributed by atoms with Gasteiger partial charge in [-0.2, -0.15) is 0 Å². The van der Waals surface area contributed by atoms with Gasteiger partial charge in [0.2, 0.25) is 0 Å². The van der Waals surface area contributed by atoms with Crippen LogP contribution in [-0.2, 0) is 0 Å². The SMILES string of the molecule is Cc1cc(C#CCCN)cnc1Cl. The normalized spacial score (nSPS) is 9.15. The number of aromatic nitrogens is 1. The minimum Gasteiger partial charge on any atom is -0.330 e. The van der Waals surface area contributed by atoms with Gasteiger partial charge in [0, 0.05) is 24.7 Å². The maximum atomic E-state index is 5.76. The van der Waals surface area contributed by atoms with E-state index in [0.29, 0.717) is 18.1 Å². The molecule has 13 heavy (non-hydrogen) atoms. The van der Waals surface area contributed by atoms with Crippen molar-refractivity contribution in [3.63, 3.8) is 0 Å². The van der Waals surface area contributed by atoms with Crippen molar-refractivity contribution in [1.82, 2.24) is 4.98 Å². The fourth-order valence-corrected chi connectivity index (χ4v) is 0.967. The second kappa shape index (κ2) is 4.86. The molecular formula is C10H11ClN2. The summed E-state index contributed by atoms with van der Waals surface area (Å²) < 4.78 is 0. The molecule has 1 aromatic heterocycles. The van der Waals surface area contributed by atoms with E-state index >= 15 is 0 Å². The van der Waals surface area contributed by atoms with E-state index in [0.717, 1.165) is 11.1 Å². The van der Waals surface area contributed by atoms with Crippen molar-refractivity contribution in [2.75, 3.05) is 6.54 Å². The Morgan fingerprint density at radius 1 is 1.62 bits per heavy atom. The van der Waals surface area contributed by atoms with Gasteiger partial charge in [0.15, 0.2) is 0 Å². The molecule has 3 heteroatoms. The molecule has 0 aromatic carbocycles. The minimum atomic E-state index is 0.532. The van der Waals surface area contributed by atoms with Gasteiger partial charge < -0.3 is 5.73 Å². The van der Waals surface area contributed by atoms with Crippen LogP contribution in [0.25, 0.3) is 0 Å². The fraction of sp³-hybridized carbons (Fsp3) is 0.300. The van der Waals surface area contributed by atoms with Crippen LogP contribution >= 0.6 is 11.6 Å². The maximum Gasteiger partial charge on any atom is 0.132 e. The van der Waals surface area contributed by atoms with E-state index in [4.69, 9.17) is 17.3 Å². The van der Waals surface area contributed by atoms with Crippen molar-refractivity contribution >= 4 is 11.6 Å². The lowest BCUT2D eigenvalue weighted by Gasteiger charge is -1.95. The summed E-state index contributed by atoms with van der Waals surface area (Å²) in [6, 6.07) is 1.92. The molecule has 1 rings (SSSR count). The van der Waals surface area contributed by atoms with Crippen molar-refractivity contribution in [3.05, 3.63) is 28.5 Å². The van der Waals surface area contributed by atoms with E-state index < -0.39 is 0 Å². The van der Waals surface area contributed by atoms with Gasteiger partial charge in [-0.25, -0.2) is 4.98 Å². The van der Waals surface area contributed by atoms with Crippen molar-refractivity contribution in [2.45, 2.75) is 13.3 Å². The highest BCUT2D eigenvalue weighted by molar-refractivity contribution is 6.30. The van der Waals surface area contributed by atoms with Gasteiger partial charge in [-0.05, 0) is 18.6 Å². The molecule has 0 aliphatic heterocycles. The predicted molar refractivity (Wildman–Crippen MR) is 54.5 cm³/mol. The molecule has 0 aliphatic carbocycles. The molecule has 1 heterocycles. The second-order valence-corrected chi connectivity index (χ2v) is 3.03. The molecule has 0 fully saturated rings. The highest BCUT2D eigenvalue weighted by Crippen LogP contribution is 2.11. The third-order valence-corrected chi connectivity index (χ3v) is 1.91. The van der Waals surface area contributed by atoms with Crippen LogP contribution in [0, 0.1) is 18.8 Å². The van der Waals surface area contributed by atoms with E-state index in [1.165, 1.54) is 0 Å². The molecule has 0 saturated heterocycles. The molecule has 0 unspecified atom stereocenters.